The number of phenolic OH excluding ortho intramolecular Hbond substituents is 1. The maximum Gasteiger partial charge on any atom is 0.341 e. The molecular formula is C17H16Br2O5. The van der Waals surface area contributed by atoms with Gasteiger partial charge in [0, 0.05) is 5.56 Å². The van der Waals surface area contributed by atoms with Crippen molar-refractivity contribution in [2.24, 2.45) is 0 Å². The van der Waals surface area contributed by atoms with E-state index in [-0.39, 0.29) is 11.7 Å². The van der Waals surface area contributed by atoms with Crippen molar-refractivity contribution in [1.82, 2.24) is 0 Å². The summed E-state index contributed by atoms with van der Waals surface area (Å²) in [5, 5.41) is 18.5. The van der Waals surface area contributed by atoms with Gasteiger partial charge in [-0.1, -0.05) is 13.8 Å². The summed E-state index contributed by atoms with van der Waals surface area (Å²) in [6, 6.07) is 8.32. The van der Waals surface area contributed by atoms with E-state index >= 15 is 0 Å². The number of halogens is 2. The molecule has 0 heterocycles. The van der Waals surface area contributed by atoms with Crippen LogP contribution in [0.3, 0.4) is 0 Å². The molecule has 24 heavy (non-hydrogen) atoms. The van der Waals surface area contributed by atoms with Crippen molar-refractivity contribution >= 4 is 37.8 Å². The van der Waals surface area contributed by atoms with Crippen LogP contribution in [-0.2, 0) is 4.79 Å². The van der Waals surface area contributed by atoms with Crippen molar-refractivity contribution in [1.29, 1.82) is 0 Å². The van der Waals surface area contributed by atoms with E-state index in [9.17, 15) is 9.90 Å². The third kappa shape index (κ3) is 4.64. The number of aliphatic carboxylic acids is 1. The molecule has 0 radical (unpaired) electrons. The number of rotatable bonds is 6. The van der Waals surface area contributed by atoms with E-state index in [0.717, 1.165) is 5.56 Å². The first-order chi connectivity index (χ1) is 11.3. The minimum Gasteiger partial charge on any atom is -0.508 e. The number of ether oxygens (including phenoxy) is 2. The van der Waals surface area contributed by atoms with Gasteiger partial charge in [-0.05, 0) is 68.1 Å². The first-order valence-electron chi connectivity index (χ1n) is 7.12. The van der Waals surface area contributed by atoms with Crippen molar-refractivity contribution in [3.05, 3.63) is 44.8 Å². The summed E-state index contributed by atoms with van der Waals surface area (Å²) in [5.41, 5.74) is 0.793. The average molecular weight is 460 g/mol. The van der Waals surface area contributed by atoms with Crippen LogP contribution in [-0.4, -0.2) is 22.8 Å². The zero-order valence-corrected chi connectivity index (χ0v) is 16.2. The molecule has 2 aromatic carbocycles. The molecule has 0 aliphatic heterocycles. The van der Waals surface area contributed by atoms with Crippen LogP contribution in [0, 0.1) is 0 Å². The van der Waals surface area contributed by atoms with Gasteiger partial charge in [0.1, 0.15) is 17.2 Å². The first kappa shape index (κ1) is 18.6. The molecule has 0 aromatic heterocycles. The zero-order chi connectivity index (χ0) is 17.9. The van der Waals surface area contributed by atoms with Crippen LogP contribution in [0.25, 0.3) is 0 Å². The summed E-state index contributed by atoms with van der Waals surface area (Å²) in [6.45, 7) is 3.55. The fraction of sp³-hybridized carbons (Fsp3) is 0.235. The topological polar surface area (TPSA) is 76.0 Å². The second-order valence-electron chi connectivity index (χ2n) is 5.38. The monoisotopic (exact) mass is 458 g/mol. The molecule has 0 aliphatic rings. The highest BCUT2D eigenvalue weighted by Gasteiger charge is 2.14. The summed E-state index contributed by atoms with van der Waals surface area (Å²) in [6.07, 6.45) is 0. The van der Waals surface area contributed by atoms with Gasteiger partial charge in [0.2, 0.25) is 0 Å². The van der Waals surface area contributed by atoms with Gasteiger partial charge in [0.25, 0.3) is 0 Å². The number of carbonyl (C=O) groups is 1. The Kier molecular flexibility index (Phi) is 6.12. The highest BCUT2D eigenvalue weighted by Crippen LogP contribution is 2.41. The van der Waals surface area contributed by atoms with Crippen LogP contribution in [0.5, 0.6) is 23.0 Å². The largest absolute Gasteiger partial charge is 0.508 e. The van der Waals surface area contributed by atoms with Gasteiger partial charge in [0.15, 0.2) is 12.4 Å². The standard InChI is InChI=1S/C17H16Br2O5/c1-9(2)12-5-10(3-4-15(12)20)24-17-13(18)6-11(7-14(17)19)23-8-16(21)22/h3-7,9,20H,8H2,1-2H3,(H,21,22). The molecule has 0 unspecified atom stereocenters. The minimum atomic E-state index is -1.05. The van der Waals surface area contributed by atoms with Crippen LogP contribution in [0.15, 0.2) is 39.3 Å². The van der Waals surface area contributed by atoms with Crippen molar-refractivity contribution in [2.75, 3.05) is 6.61 Å². The Morgan fingerprint density at radius 1 is 1.12 bits per heavy atom. The maximum absolute atomic E-state index is 10.6. The molecule has 0 aliphatic carbocycles. The average Bonchev–Trinajstić information content (AvgIpc) is 2.50. The van der Waals surface area contributed by atoms with E-state index in [0.29, 0.717) is 26.2 Å². The molecule has 0 atom stereocenters. The predicted molar refractivity (Wildman–Crippen MR) is 97.2 cm³/mol. The number of carboxylic acids is 1. The maximum atomic E-state index is 10.6. The molecule has 2 rings (SSSR count). The SMILES string of the molecule is CC(C)c1cc(Oc2c(Br)cc(OCC(=O)O)cc2Br)ccc1O. The lowest BCUT2D eigenvalue weighted by Gasteiger charge is -2.14. The minimum absolute atomic E-state index is 0.159. The molecule has 0 amide bonds. The fourth-order valence-corrected chi connectivity index (χ4v) is 3.35. The van der Waals surface area contributed by atoms with Crippen LogP contribution in [0.1, 0.15) is 25.3 Å². The number of phenols is 1. The molecule has 7 heteroatoms. The summed E-state index contributed by atoms with van der Waals surface area (Å²) in [7, 11) is 0. The molecule has 2 N–H and O–H groups in total. The Bertz CT molecular complexity index is 736. The predicted octanol–water partition coefficient (Wildman–Crippen LogP) is 5.30. The molecule has 0 saturated heterocycles. The third-order valence-corrected chi connectivity index (χ3v) is 4.35. The molecule has 0 saturated carbocycles. The van der Waals surface area contributed by atoms with Gasteiger partial charge in [0.05, 0.1) is 8.95 Å². The van der Waals surface area contributed by atoms with E-state index in [1.165, 1.54) is 0 Å². The van der Waals surface area contributed by atoms with Crippen LogP contribution in [0.4, 0.5) is 0 Å². The van der Waals surface area contributed by atoms with Gasteiger partial charge < -0.3 is 19.7 Å². The molecular weight excluding hydrogens is 444 g/mol. The quantitative estimate of drug-likeness (QED) is 0.613. The van der Waals surface area contributed by atoms with Gasteiger partial charge in [-0.2, -0.15) is 0 Å². The van der Waals surface area contributed by atoms with Gasteiger partial charge in [-0.25, -0.2) is 4.79 Å². The number of hydrogen-bond acceptors (Lipinski definition) is 4. The molecule has 2 aromatic rings. The summed E-state index contributed by atoms with van der Waals surface area (Å²) in [5.74, 6) is 0.847. The Labute approximate surface area is 156 Å². The van der Waals surface area contributed by atoms with Crippen molar-refractivity contribution in [2.45, 2.75) is 19.8 Å². The van der Waals surface area contributed by atoms with Gasteiger partial charge in [-0.15, -0.1) is 0 Å². The lowest BCUT2D eigenvalue weighted by atomic mass is 10.0. The Morgan fingerprint density at radius 3 is 2.29 bits per heavy atom. The lowest BCUT2D eigenvalue weighted by Crippen LogP contribution is -2.09. The van der Waals surface area contributed by atoms with Crippen LogP contribution in [0.2, 0.25) is 0 Å². The Hall–Kier alpha value is -1.73. The highest BCUT2D eigenvalue weighted by atomic mass is 79.9. The first-order valence-corrected chi connectivity index (χ1v) is 8.71. The number of benzene rings is 2. The van der Waals surface area contributed by atoms with Crippen molar-refractivity contribution in [3.63, 3.8) is 0 Å². The summed E-state index contributed by atoms with van der Waals surface area (Å²) >= 11 is 6.79. The van der Waals surface area contributed by atoms with Crippen LogP contribution >= 0.6 is 31.9 Å². The van der Waals surface area contributed by atoms with Crippen molar-refractivity contribution in [3.8, 4) is 23.0 Å². The second kappa shape index (κ2) is 7.90. The van der Waals surface area contributed by atoms with Gasteiger partial charge in [-0.3, -0.25) is 0 Å². The fourth-order valence-electron chi connectivity index (χ4n) is 2.04. The van der Waals surface area contributed by atoms with E-state index in [2.05, 4.69) is 31.9 Å². The van der Waals surface area contributed by atoms with E-state index in [1.54, 1.807) is 30.3 Å². The van der Waals surface area contributed by atoms with Crippen molar-refractivity contribution < 1.29 is 24.5 Å². The Balaban J connectivity index is 2.27. The highest BCUT2D eigenvalue weighted by molar-refractivity contribution is 9.11. The molecule has 0 fully saturated rings. The number of carboxylic acid groups (broad SMARTS) is 1. The van der Waals surface area contributed by atoms with E-state index in [4.69, 9.17) is 14.6 Å². The lowest BCUT2D eigenvalue weighted by molar-refractivity contribution is -0.139. The van der Waals surface area contributed by atoms with Crippen LogP contribution < -0.4 is 9.47 Å². The molecule has 128 valence electrons. The normalized spacial score (nSPS) is 10.7. The summed E-state index contributed by atoms with van der Waals surface area (Å²) in [4.78, 5) is 10.6. The molecule has 0 spiro atoms. The van der Waals surface area contributed by atoms with E-state index < -0.39 is 12.6 Å². The zero-order valence-electron chi connectivity index (χ0n) is 13.0. The molecule has 5 nitrogen and oxygen atoms in total. The smallest absolute Gasteiger partial charge is 0.341 e. The second-order valence-corrected chi connectivity index (χ2v) is 7.08. The Morgan fingerprint density at radius 2 is 1.75 bits per heavy atom. The molecule has 0 bridgehead atoms. The number of aromatic hydroxyl groups is 1. The van der Waals surface area contributed by atoms with Gasteiger partial charge >= 0.3 is 5.97 Å². The third-order valence-electron chi connectivity index (χ3n) is 3.18. The summed E-state index contributed by atoms with van der Waals surface area (Å²) < 4.78 is 12.3. The number of hydrogen-bond donors (Lipinski definition) is 2. The van der Waals surface area contributed by atoms with E-state index in [1.807, 2.05) is 13.8 Å².